The third-order valence-electron chi connectivity index (χ3n) is 11.5. The van der Waals surface area contributed by atoms with Crippen molar-refractivity contribution in [2.75, 3.05) is 13.2 Å². The van der Waals surface area contributed by atoms with Crippen LogP contribution in [0.2, 0.25) is 12.1 Å². The Morgan fingerprint density at radius 2 is 0.952 bits per heavy atom. The minimum absolute atomic E-state index is 0.365. The van der Waals surface area contributed by atoms with Crippen molar-refractivity contribution in [3.05, 3.63) is 116 Å². The van der Waals surface area contributed by atoms with E-state index in [1.165, 1.54) is 0 Å². The van der Waals surface area contributed by atoms with Gasteiger partial charge in [-0.15, -0.1) is 0 Å². The Balaban J connectivity index is 0.761. The molecule has 334 valence electrons. The number of fused-ring (bicyclic) bond motifs is 2. The number of rotatable bonds is 26. The van der Waals surface area contributed by atoms with E-state index in [-0.39, 0.29) is 11.3 Å². The lowest BCUT2D eigenvalue weighted by molar-refractivity contribution is 0.293. The molecule has 63 heavy (non-hydrogen) atoms. The van der Waals surface area contributed by atoms with Gasteiger partial charge in [-0.25, -0.2) is 19.6 Å². The zero-order valence-electron chi connectivity index (χ0n) is 37.3. The predicted molar refractivity (Wildman–Crippen MR) is 253 cm³/mol. The normalized spacial score (nSPS) is 11.7. The SMILES string of the molecule is CCc1cccc(C)c1-c1cc2cnc(OCCCCCCCC[Si](O)O[Si](O)CCCCCCCCOc3cc4oc(=O)c(-c5c(C)cccc5CC)cc4cn3)cc2oc1=O. The van der Waals surface area contributed by atoms with E-state index in [2.05, 4.69) is 23.8 Å². The Labute approximate surface area is 374 Å². The fraction of sp³-hybridized carbons (Fsp3) is 0.440. The summed E-state index contributed by atoms with van der Waals surface area (Å²) in [5.74, 6) is 0.886. The number of unbranched alkanes of at least 4 members (excludes halogenated alkanes) is 10. The van der Waals surface area contributed by atoms with Crippen LogP contribution in [0.25, 0.3) is 44.2 Å². The number of aryl methyl sites for hydroxylation is 4. The third-order valence-corrected chi connectivity index (χ3v) is 15.0. The van der Waals surface area contributed by atoms with E-state index in [0.29, 0.717) is 59.4 Å². The number of hydrogen-bond acceptors (Lipinski definition) is 11. The Morgan fingerprint density at radius 3 is 1.37 bits per heavy atom. The van der Waals surface area contributed by atoms with E-state index < -0.39 is 18.6 Å². The second-order valence-electron chi connectivity index (χ2n) is 16.3. The van der Waals surface area contributed by atoms with Gasteiger partial charge in [0.2, 0.25) is 11.8 Å². The molecule has 2 radical (unpaired) electrons. The average Bonchev–Trinajstić information content (AvgIpc) is 3.27. The third kappa shape index (κ3) is 13.5. The van der Waals surface area contributed by atoms with Gasteiger partial charge in [0.05, 0.1) is 24.3 Å². The number of benzene rings is 2. The van der Waals surface area contributed by atoms with Crippen molar-refractivity contribution in [3.8, 4) is 34.0 Å². The van der Waals surface area contributed by atoms with Crippen molar-refractivity contribution in [1.82, 2.24) is 9.97 Å². The van der Waals surface area contributed by atoms with E-state index in [1.54, 1.807) is 24.5 Å². The first kappa shape index (κ1) is 47.6. The Kier molecular flexibility index (Phi) is 18.3. The van der Waals surface area contributed by atoms with Gasteiger partial charge in [0.1, 0.15) is 11.2 Å². The highest BCUT2D eigenvalue weighted by molar-refractivity contribution is 6.57. The summed E-state index contributed by atoms with van der Waals surface area (Å²) in [4.78, 5) is 55.6. The summed E-state index contributed by atoms with van der Waals surface area (Å²) in [6, 6.07) is 20.5. The van der Waals surface area contributed by atoms with Crippen molar-refractivity contribution in [1.29, 1.82) is 0 Å². The van der Waals surface area contributed by atoms with Gasteiger partial charge in [-0.3, -0.25) is 0 Å². The van der Waals surface area contributed by atoms with Crippen LogP contribution in [0, 0.1) is 13.8 Å². The molecule has 4 aromatic heterocycles. The zero-order chi connectivity index (χ0) is 44.6. The van der Waals surface area contributed by atoms with Gasteiger partial charge in [0.25, 0.3) is 0 Å². The summed E-state index contributed by atoms with van der Waals surface area (Å²) in [7, 11) is -3.94. The van der Waals surface area contributed by atoms with Crippen LogP contribution in [0.4, 0.5) is 0 Å². The van der Waals surface area contributed by atoms with Gasteiger partial charge < -0.3 is 32.0 Å². The number of hydrogen-bond donors (Lipinski definition) is 2. The van der Waals surface area contributed by atoms with Crippen LogP contribution in [0.15, 0.2) is 91.5 Å². The Hall–Kier alpha value is -4.93. The van der Waals surface area contributed by atoms with E-state index >= 15 is 0 Å². The van der Waals surface area contributed by atoms with Crippen molar-refractivity contribution >= 4 is 40.5 Å². The monoisotopic (exact) mass is 890 g/mol. The molecule has 0 atom stereocenters. The first-order chi connectivity index (χ1) is 30.6. The first-order valence-electron chi connectivity index (χ1n) is 22.7. The van der Waals surface area contributed by atoms with Crippen molar-refractivity contribution in [2.24, 2.45) is 0 Å². The van der Waals surface area contributed by atoms with Gasteiger partial charge in [-0.05, 0) is 97.1 Å². The average molecular weight is 891 g/mol. The highest BCUT2D eigenvalue weighted by Gasteiger charge is 2.19. The van der Waals surface area contributed by atoms with E-state index in [9.17, 15) is 19.2 Å². The maximum Gasteiger partial charge on any atom is 0.372 e. The van der Waals surface area contributed by atoms with Gasteiger partial charge in [-0.2, -0.15) is 0 Å². The molecule has 0 aliphatic heterocycles. The molecule has 6 rings (SSSR count). The summed E-state index contributed by atoms with van der Waals surface area (Å²) in [5.41, 5.74) is 7.48. The molecule has 0 amide bonds. The van der Waals surface area contributed by atoms with Gasteiger partial charge in [0.15, 0.2) is 0 Å². The predicted octanol–water partition coefficient (Wildman–Crippen LogP) is 10.9. The lowest BCUT2D eigenvalue weighted by Crippen LogP contribution is -2.29. The summed E-state index contributed by atoms with van der Waals surface area (Å²) in [6.45, 7) is 9.24. The molecule has 13 heteroatoms. The minimum atomic E-state index is -1.97. The molecule has 4 heterocycles. The highest BCUT2D eigenvalue weighted by Crippen LogP contribution is 2.30. The molecular formula is C50H62N2O9Si2. The molecule has 0 bridgehead atoms. The molecule has 0 spiro atoms. The molecule has 0 unspecified atom stereocenters. The lowest BCUT2D eigenvalue weighted by Gasteiger charge is -2.12. The topological polar surface area (TPSA) is 154 Å². The number of nitrogens with zero attached hydrogens (tertiary/aromatic N) is 2. The zero-order valence-corrected chi connectivity index (χ0v) is 39.3. The largest absolute Gasteiger partial charge is 0.478 e. The van der Waals surface area contributed by atoms with E-state index in [0.717, 1.165) is 134 Å². The quantitative estimate of drug-likeness (QED) is 0.0395. The fourth-order valence-corrected chi connectivity index (χ4v) is 11.1. The highest BCUT2D eigenvalue weighted by atomic mass is 28.4. The van der Waals surface area contributed by atoms with Gasteiger partial charge >= 0.3 is 29.8 Å². The van der Waals surface area contributed by atoms with Crippen LogP contribution in [0.5, 0.6) is 11.8 Å². The Bertz CT molecular complexity index is 2350. The van der Waals surface area contributed by atoms with Crippen molar-refractivity contribution in [3.63, 3.8) is 0 Å². The summed E-state index contributed by atoms with van der Waals surface area (Å²) in [6.07, 6.45) is 16.9. The van der Waals surface area contributed by atoms with E-state index in [4.69, 9.17) is 22.4 Å². The number of ether oxygens (including phenoxy) is 2. The van der Waals surface area contributed by atoms with Crippen LogP contribution < -0.4 is 20.7 Å². The van der Waals surface area contributed by atoms with E-state index in [1.807, 2.05) is 62.4 Å². The molecule has 6 aromatic rings. The van der Waals surface area contributed by atoms with Crippen molar-refractivity contribution in [2.45, 2.75) is 130 Å². The van der Waals surface area contributed by atoms with Crippen molar-refractivity contribution < 1.29 is 32.0 Å². The first-order valence-corrected chi connectivity index (χ1v) is 25.9. The maximum atomic E-state index is 13.0. The number of aromatic nitrogens is 2. The standard InChI is InChI=1S/C50H62N2O9Si2/c1-5-37-23-19-21-35(3)47(37)41-29-39-33-51-45(31-43(39)59-49(41)53)57-25-15-11-7-9-13-17-27-62(55)61-63(56)28-18-14-10-8-12-16-26-58-46-32-44-40(34-52-46)30-42(50(54)60-44)48-36(4)22-20-24-38(48)6-2/h19-24,29-34,55-56H,5-18,25-28H2,1-4H3. The van der Waals surface area contributed by atoms with Crippen LogP contribution in [-0.4, -0.2) is 51.3 Å². The van der Waals surface area contributed by atoms with Crippen LogP contribution >= 0.6 is 0 Å². The molecule has 0 aliphatic carbocycles. The molecule has 0 saturated carbocycles. The molecule has 2 aromatic carbocycles. The number of pyridine rings is 2. The van der Waals surface area contributed by atoms with Gasteiger partial charge in [-0.1, -0.05) is 114 Å². The summed E-state index contributed by atoms with van der Waals surface area (Å²) >= 11 is 0. The van der Waals surface area contributed by atoms with Crippen LogP contribution in [0.1, 0.15) is 113 Å². The second kappa shape index (κ2) is 24.2. The van der Waals surface area contributed by atoms with Crippen LogP contribution in [0.3, 0.4) is 0 Å². The fourth-order valence-electron chi connectivity index (χ4n) is 8.08. The minimum Gasteiger partial charge on any atom is -0.478 e. The lowest BCUT2D eigenvalue weighted by atomic mass is 9.94. The molecule has 0 fully saturated rings. The van der Waals surface area contributed by atoms with Crippen LogP contribution in [-0.2, 0) is 17.0 Å². The smallest absolute Gasteiger partial charge is 0.372 e. The summed E-state index contributed by atoms with van der Waals surface area (Å²) < 4.78 is 28.8. The van der Waals surface area contributed by atoms with Gasteiger partial charge in [0, 0.05) is 35.3 Å². The molecule has 0 saturated heterocycles. The molecule has 11 nitrogen and oxygen atoms in total. The molecular weight excluding hydrogens is 829 g/mol. The summed E-state index contributed by atoms with van der Waals surface area (Å²) in [5, 5.41) is 1.52. The maximum absolute atomic E-state index is 13.0. The molecule has 0 aliphatic rings. The second-order valence-corrected chi connectivity index (χ2v) is 19.7. The molecule has 2 N–H and O–H groups in total. The Morgan fingerprint density at radius 1 is 0.556 bits per heavy atom.